The number of carbonyl (C=O) groups excluding carboxylic acids is 5. The van der Waals surface area contributed by atoms with E-state index in [1.807, 2.05) is 0 Å². The number of aromatic nitrogens is 7. The third-order valence-electron chi connectivity index (χ3n) is 10.4. The zero-order valence-corrected chi connectivity index (χ0v) is 37.1. The van der Waals surface area contributed by atoms with E-state index in [1.54, 1.807) is 23.0 Å². The number of amides is 5. The number of imide groups is 2. The minimum absolute atomic E-state index is 0.0267. The van der Waals surface area contributed by atoms with E-state index in [0.29, 0.717) is 36.4 Å². The average molecular weight is 965 g/mol. The van der Waals surface area contributed by atoms with Crippen molar-refractivity contribution in [1.29, 1.82) is 0 Å². The van der Waals surface area contributed by atoms with Gasteiger partial charge in [-0.2, -0.15) is 18.2 Å². The van der Waals surface area contributed by atoms with Gasteiger partial charge in [-0.25, -0.2) is 23.1 Å². The molecule has 2 aromatic carbocycles. The summed E-state index contributed by atoms with van der Waals surface area (Å²) in [6.07, 6.45) is 0.975. The summed E-state index contributed by atoms with van der Waals surface area (Å²) in [5.74, 6) is -3.64. The summed E-state index contributed by atoms with van der Waals surface area (Å²) in [5.41, 5.74) is 0.745. The van der Waals surface area contributed by atoms with E-state index in [2.05, 4.69) is 56.8 Å². The van der Waals surface area contributed by atoms with Gasteiger partial charge in [-0.3, -0.25) is 43.5 Å². The number of nitrogens with zero attached hydrogens (tertiary/aromatic N) is 9. The molecule has 0 radical (unpaired) electrons. The predicted molar refractivity (Wildman–Crippen MR) is 234 cm³/mol. The number of alkyl halides is 3. The van der Waals surface area contributed by atoms with Gasteiger partial charge in [0.2, 0.25) is 27.8 Å². The molecule has 2 aliphatic rings. The first-order valence-electron chi connectivity index (χ1n) is 20.7. The molecule has 0 saturated carbocycles. The van der Waals surface area contributed by atoms with Crippen LogP contribution in [0.4, 0.5) is 42.1 Å². The summed E-state index contributed by atoms with van der Waals surface area (Å²) in [7, 11) is -2.51. The van der Waals surface area contributed by atoms with E-state index in [4.69, 9.17) is 9.47 Å². The highest BCUT2D eigenvalue weighted by Crippen LogP contribution is 2.35. The van der Waals surface area contributed by atoms with E-state index < -0.39 is 63.2 Å². The molecule has 358 valence electrons. The molecular weight excluding hydrogens is 922 g/mol. The van der Waals surface area contributed by atoms with E-state index in [9.17, 15) is 45.6 Å². The lowest BCUT2D eigenvalue weighted by Crippen LogP contribution is -2.54. The minimum atomic E-state index is -4.83. The van der Waals surface area contributed by atoms with Crippen LogP contribution in [-0.4, -0.2) is 130 Å². The Bertz CT molecular complexity index is 2810. The first-order chi connectivity index (χ1) is 32.5. The van der Waals surface area contributed by atoms with Gasteiger partial charge in [0.05, 0.1) is 69.6 Å². The van der Waals surface area contributed by atoms with Crippen molar-refractivity contribution < 1.29 is 55.0 Å². The lowest BCUT2D eigenvalue weighted by atomic mass is 10.0. The third kappa shape index (κ3) is 11.6. The number of benzene rings is 2. The SMILES string of the molecule is CN(c1nccnc1CNc1nc(Nc2ccc(C(=O)NCc3cn(CCOCCOCCNc4cccc5c4C(=O)N(C4CCC(=O)NC4=O)C5=O)nn3)cc2)ncc1C(F)(F)F)S(C)(=O)=O. The molecule has 0 spiro atoms. The monoisotopic (exact) mass is 964 g/mol. The Labute approximate surface area is 385 Å². The molecule has 0 aliphatic carbocycles. The second-order valence-electron chi connectivity index (χ2n) is 15.0. The Morgan fingerprint density at radius 2 is 1.69 bits per heavy atom. The van der Waals surface area contributed by atoms with Crippen LogP contribution in [0.5, 0.6) is 0 Å². The number of carbonyl (C=O) groups is 5. The molecular formula is C41H43F3N14O9S. The number of ether oxygens (including phenoxy) is 2. The van der Waals surface area contributed by atoms with Crippen molar-refractivity contribution in [2.75, 3.05) is 66.5 Å². The fourth-order valence-corrected chi connectivity index (χ4v) is 7.36. The molecule has 68 heavy (non-hydrogen) atoms. The summed E-state index contributed by atoms with van der Waals surface area (Å²) in [6.45, 7) is 1.47. The standard InChI is InChI=1S/C41H43F3N14O9S/c1-56(68(2,64)65)35-30(45-12-13-47-35)22-48-34-28(41(42,43)44)21-50-40(53-34)51-25-8-6-24(7-9-25)36(60)49-20-26-23-57(55-54-26)15-17-67-19-18-66-16-14-46-29-5-3-4-27-33(29)39(63)58(38(27)62)31-10-11-32(59)52-37(31)61/h3-9,12-13,21,23,31,46H,10-11,14-20,22H2,1-2H3,(H,49,60)(H,52,59,61)(H2,48,50,51,53). The first-order valence-corrected chi connectivity index (χ1v) is 22.5. The maximum Gasteiger partial charge on any atom is 0.421 e. The van der Waals surface area contributed by atoms with Crippen LogP contribution in [0.25, 0.3) is 0 Å². The van der Waals surface area contributed by atoms with Crippen molar-refractivity contribution in [3.05, 3.63) is 101 Å². The summed E-state index contributed by atoms with van der Waals surface area (Å²) in [6, 6.07) is 9.74. The van der Waals surface area contributed by atoms with Gasteiger partial charge < -0.3 is 30.7 Å². The maximum absolute atomic E-state index is 13.9. The molecule has 5 amide bonds. The molecule has 1 atom stereocenters. The highest BCUT2D eigenvalue weighted by Gasteiger charge is 2.45. The Morgan fingerprint density at radius 1 is 0.941 bits per heavy atom. The fraction of sp³-hybridized carbons (Fsp3) is 0.341. The third-order valence-corrected chi connectivity index (χ3v) is 11.5. The molecule has 1 saturated heterocycles. The van der Waals surface area contributed by atoms with Crippen molar-refractivity contribution in [2.45, 2.75) is 44.7 Å². The molecule has 3 aromatic heterocycles. The van der Waals surface area contributed by atoms with E-state index >= 15 is 0 Å². The van der Waals surface area contributed by atoms with Gasteiger partial charge in [-0.15, -0.1) is 5.10 Å². The number of hydrogen-bond donors (Lipinski definition) is 5. The van der Waals surface area contributed by atoms with Gasteiger partial charge >= 0.3 is 6.18 Å². The molecule has 7 rings (SSSR count). The number of hydrogen-bond acceptors (Lipinski definition) is 18. The van der Waals surface area contributed by atoms with Gasteiger partial charge in [-0.05, 0) is 42.8 Å². The van der Waals surface area contributed by atoms with E-state index in [0.717, 1.165) is 15.5 Å². The number of piperidine rings is 1. The molecule has 5 heterocycles. The van der Waals surface area contributed by atoms with E-state index in [1.165, 1.54) is 49.8 Å². The number of anilines is 5. The van der Waals surface area contributed by atoms with Gasteiger partial charge in [0.1, 0.15) is 28.8 Å². The summed E-state index contributed by atoms with van der Waals surface area (Å²) < 4.78 is 79.5. The smallest absolute Gasteiger partial charge is 0.382 e. The zero-order valence-electron chi connectivity index (χ0n) is 36.2. The highest BCUT2D eigenvalue weighted by atomic mass is 32.2. The normalized spacial score (nSPS) is 15.0. The summed E-state index contributed by atoms with van der Waals surface area (Å²) in [4.78, 5) is 79.9. The van der Waals surface area contributed by atoms with Crippen LogP contribution >= 0.6 is 0 Å². The van der Waals surface area contributed by atoms with E-state index in [-0.39, 0.29) is 86.5 Å². The summed E-state index contributed by atoms with van der Waals surface area (Å²) >= 11 is 0. The maximum atomic E-state index is 13.9. The predicted octanol–water partition coefficient (Wildman–Crippen LogP) is 2.10. The van der Waals surface area contributed by atoms with Crippen molar-refractivity contribution in [3.63, 3.8) is 0 Å². The van der Waals surface area contributed by atoms with Gasteiger partial charge in [0.15, 0.2) is 5.82 Å². The van der Waals surface area contributed by atoms with Crippen molar-refractivity contribution in [3.8, 4) is 0 Å². The zero-order chi connectivity index (χ0) is 48.6. The quantitative estimate of drug-likeness (QED) is 0.0520. The lowest BCUT2D eigenvalue weighted by molar-refractivity contribution is -0.138. The molecule has 2 aliphatic heterocycles. The second kappa shape index (κ2) is 20.9. The Morgan fingerprint density at radius 3 is 2.43 bits per heavy atom. The molecule has 5 aromatic rings. The Balaban J connectivity index is 0.805. The number of fused-ring (bicyclic) bond motifs is 1. The van der Waals surface area contributed by atoms with Crippen LogP contribution < -0.4 is 30.9 Å². The lowest BCUT2D eigenvalue weighted by Gasteiger charge is -2.27. The largest absolute Gasteiger partial charge is 0.421 e. The topological polar surface area (TPSA) is 287 Å². The van der Waals surface area contributed by atoms with Crippen LogP contribution in [0.3, 0.4) is 0 Å². The molecule has 0 bridgehead atoms. The molecule has 27 heteroatoms. The Kier molecular flexibility index (Phi) is 14.8. The molecule has 1 unspecified atom stereocenters. The molecule has 1 fully saturated rings. The highest BCUT2D eigenvalue weighted by molar-refractivity contribution is 7.92. The number of rotatable bonds is 21. The number of nitrogens with one attached hydrogen (secondary N) is 5. The average Bonchev–Trinajstić information content (AvgIpc) is 3.87. The Hall–Kier alpha value is -7.65. The van der Waals surface area contributed by atoms with Crippen molar-refractivity contribution in [2.24, 2.45) is 0 Å². The first kappa shape index (κ1) is 48.3. The molecule has 23 nitrogen and oxygen atoms in total. The van der Waals surface area contributed by atoms with Gasteiger partial charge in [0, 0.05) is 55.5 Å². The van der Waals surface area contributed by atoms with Gasteiger partial charge in [0.25, 0.3) is 17.7 Å². The van der Waals surface area contributed by atoms with Crippen LogP contribution in [0, 0.1) is 0 Å². The summed E-state index contributed by atoms with van der Waals surface area (Å²) in [5, 5.41) is 21.5. The van der Waals surface area contributed by atoms with Crippen LogP contribution in [0.2, 0.25) is 0 Å². The van der Waals surface area contributed by atoms with Gasteiger partial charge in [-0.1, -0.05) is 11.3 Å². The minimum Gasteiger partial charge on any atom is -0.382 e. The van der Waals surface area contributed by atoms with Crippen LogP contribution in [0.15, 0.2) is 67.3 Å². The van der Waals surface area contributed by atoms with Crippen LogP contribution in [-0.2, 0) is 54.9 Å². The fourth-order valence-electron chi connectivity index (χ4n) is 6.89. The number of sulfonamides is 1. The van der Waals surface area contributed by atoms with Crippen LogP contribution in [0.1, 0.15) is 60.9 Å². The second-order valence-corrected chi connectivity index (χ2v) is 17.1. The molecule has 5 N–H and O–H groups in total. The van der Waals surface area contributed by atoms with Crippen molar-refractivity contribution >= 4 is 68.5 Å². The van der Waals surface area contributed by atoms with Crippen molar-refractivity contribution in [1.82, 2.24) is 50.5 Å². The number of halogens is 3.